The Morgan fingerprint density at radius 3 is 2.81 bits per heavy atom. The fourth-order valence-corrected chi connectivity index (χ4v) is 2.50. The molecule has 2 atom stereocenters. The van der Waals surface area contributed by atoms with Gasteiger partial charge in [-0.15, -0.1) is 0 Å². The van der Waals surface area contributed by atoms with Crippen molar-refractivity contribution < 1.29 is 19.6 Å². The highest BCUT2D eigenvalue weighted by molar-refractivity contribution is 5.76. The van der Waals surface area contributed by atoms with Crippen LogP contribution in [0.3, 0.4) is 0 Å². The summed E-state index contributed by atoms with van der Waals surface area (Å²) >= 11 is 0. The lowest BCUT2D eigenvalue weighted by molar-refractivity contribution is -0.389. The highest BCUT2D eigenvalue weighted by atomic mass is 16.6. The van der Waals surface area contributed by atoms with Gasteiger partial charge in [-0.1, -0.05) is 0 Å². The number of nitrogens with zero attached hydrogens (tertiary/aromatic N) is 3. The quantitative estimate of drug-likeness (QED) is 0.600. The monoisotopic (exact) mass is 296 g/mol. The number of carboxylic acid groups (broad SMARTS) is 1. The summed E-state index contributed by atoms with van der Waals surface area (Å²) in [4.78, 5) is 36.5. The van der Waals surface area contributed by atoms with Crippen molar-refractivity contribution in [1.29, 1.82) is 0 Å². The van der Waals surface area contributed by atoms with Crippen LogP contribution in [0.5, 0.6) is 0 Å². The Labute approximate surface area is 120 Å². The van der Waals surface area contributed by atoms with Crippen LogP contribution in [-0.2, 0) is 16.1 Å². The third kappa shape index (κ3) is 3.56. The molecule has 1 heterocycles. The minimum absolute atomic E-state index is 0.0685. The maximum Gasteiger partial charge on any atom is 0.381 e. The second kappa shape index (κ2) is 5.90. The number of aliphatic carboxylic acids is 1. The Hall–Kier alpha value is -2.45. The number of amides is 1. The molecule has 0 aromatic carbocycles. The normalized spacial score (nSPS) is 21.2. The van der Waals surface area contributed by atoms with Crippen molar-refractivity contribution in [3.63, 3.8) is 0 Å². The predicted molar refractivity (Wildman–Crippen MR) is 70.5 cm³/mol. The van der Waals surface area contributed by atoms with Crippen LogP contribution in [0.15, 0.2) is 6.20 Å². The lowest BCUT2D eigenvalue weighted by Gasteiger charge is -2.12. The van der Waals surface area contributed by atoms with Crippen LogP contribution in [0.1, 0.15) is 25.1 Å². The van der Waals surface area contributed by atoms with E-state index in [0.29, 0.717) is 25.1 Å². The largest absolute Gasteiger partial charge is 0.481 e. The van der Waals surface area contributed by atoms with E-state index in [9.17, 15) is 19.7 Å². The lowest BCUT2D eigenvalue weighted by Crippen LogP contribution is -2.35. The van der Waals surface area contributed by atoms with Crippen molar-refractivity contribution >= 4 is 17.7 Å². The summed E-state index contributed by atoms with van der Waals surface area (Å²) in [5.74, 6) is -1.47. The number of imidazole rings is 1. The van der Waals surface area contributed by atoms with Gasteiger partial charge in [0.15, 0.2) is 0 Å². The summed E-state index contributed by atoms with van der Waals surface area (Å²) in [5, 5.41) is 22.3. The Morgan fingerprint density at radius 1 is 1.57 bits per heavy atom. The Bertz CT molecular complexity index is 582. The first kappa shape index (κ1) is 14.9. The minimum atomic E-state index is -0.840. The van der Waals surface area contributed by atoms with Gasteiger partial charge in [0.2, 0.25) is 11.7 Å². The molecule has 0 aliphatic heterocycles. The molecule has 1 aliphatic carbocycles. The third-order valence-electron chi connectivity index (χ3n) is 3.61. The molecule has 1 aliphatic rings. The van der Waals surface area contributed by atoms with Gasteiger partial charge in [-0.3, -0.25) is 14.2 Å². The van der Waals surface area contributed by atoms with Crippen molar-refractivity contribution in [2.24, 2.45) is 5.92 Å². The number of rotatable bonds is 5. The fourth-order valence-electron chi connectivity index (χ4n) is 2.50. The Morgan fingerprint density at radius 2 is 2.29 bits per heavy atom. The number of carbonyl (C=O) groups excluding carboxylic acids is 1. The van der Waals surface area contributed by atoms with Gasteiger partial charge in [-0.25, -0.2) is 0 Å². The van der Waals surface area contributed by atoms with Gasteiger partial charge in [0, 0.05) is 13.0 Å². The number of nitrogens with one attached hydrogen (secondary N) is 1. The second-order valence-electron chi connectivity index (χ2n) is 5.14. The molecular formula is C12H16N4O5. The van der Waals surface area contributed by atoms with E-state index >= 15 is 0 Å². The molecular weight excluding hydrogens is 280 g/mol. The van der Waals surface area contributed by atoms with Gasteiger partial charge in [0.05, 0.1) is 5.92 Å². The standard InChI is InChI=1S/C12H16N4O5/c1-7-13-10(16(20)21)5-15(7)6-11(17)14-9-3-2-8(4-9)12(18)19/h5,8-9H,2-4,6H2,1H3,(H,14,17)(H,18,19)/t8-,9+/m0/s1. The van der Waals surface area contributed by atoms with Crippen molar-refractivity contribution in [1.82, 2.24) is 14.9 Å². The molecule has 9 nitrogen and oxygen atoms in total. The molecule has 0 radical (unpaired) electrons. The van der Waals surface area contributed by atoms with Crippen LogP contribution in [0, 0.1) is 23.0 Å². The van der Waals surface area contributed by atoms with Gasteiger partial charge in [0.25, 0.3) is 0 Å². The first-order valence-corrected chi connectivity index (χ1v) is 6.57. The molecule has 114 valence electrons. The van der Waals surface area contributed by atoms with E-state index < -0.39 is 16.8 Å². The number of aromatic nitrogens is 2. The van der Waals surface area contributed by atoms with Crippen molar-refractivity contribution in [2.45, 2.75) is 38.8 Å². The SMILES string of the molecule is Cc1nc([N+](=O)[O-])cn1CC(=O)N[C@@H]1CC[C@H](C(=O)O)C1. The molecule has 2 rings (SSSR count). The van der Waals surface area contributed by atoms with Crippen molar-refractivity contribution in [3.8, 4) is 0 Å². The Kier molecular flexibility index (Phi) is 4.20. The zero-order chi connectivity index (χ0) is 15.6. The van der Waals surface area contributed by atoms with E-state index in [0.717, 1.165) is 0 Å². The molecule has 2 N–H and O–H groups in total. The van der Waals surface area contributed by atoms with Crippen LogP contribution < -0.4 is 5.32 Å². The molecule has 21 heavy (non-hydrogen) atoms. The Balaban J connectivity index is 1.91. The lowest BCUT2D eigenvalue weighted by atomic mass is 10.1. The first-order valence-electron chi connectivity index (χ1n) is 6.57. The van der Waals surface area contributed by atoms with Crippen LogP contribution in [-0.4, -0.2) is 37.5 Å². The summed E-state index contributed by atoms with van der Waals surface area (Å²) in [6.07, 6.45) is 2.81. The van der Waals surface area contributed by atoms with Gasteiger partial charge in [-0.2, -0.15) is 0 Å². The summed E-state index contributed by atoms with van der Waals surface area (Å²) in [5.41, 5.74) is 0. The number of carboxylic acids is 1. The highest BCUT2D eigenvalue weighted by Gasteiger charge is 2.30. The van der Waals surface area contributed by atoms with E-state index in [2.05, 4.69) is 10.3 Å². The minimum Gasteiger partial charge on any atom is -0.481 e. The van der Waals surface area contributed by atoms with Gasteiger partial charge >= 0.3 is 11.8 Å². The molecule has 0 spiro atoms. The van der Waals surface area contributed by atoms with E-state index in [1.165, 1.54) is 10.8 Å². The molecule has 1 amide bonds. The predicted octanol–water partition coefficient (Wildman–Crippen LogP) is 0.469. The summed E-state index contributed by atoms with van der Waals surface area (Å²) in [6, 6.07) is -0.155. The van der Waals surface area contributed by atoms with E-state index in [1.54, 1.807) is 6.92 Å². The topological polar surface area (TPSA) is 127 Å². The van der Waals surface area contributed by atoms with Crippen LogP contribution in [0.25, 0.3) is 0 Å². The molecule has 0 unspecified atom stereocenters. The molecule has 1 aromatic rings. The zero-order valence-corrected chi connectivity index (χ0v) is 11.5. The average molecular weight is 296 g/mol. The number of carbonyl (C=O) groups is 2. The van der Waals surface area contributed by atoms with E-state index in [-0.39, 0.29) is 24.3 Å². The number of nitro groups is 1. The van der Waals surface area contributed by atoms with Gasteiger partial charge in [-0.05, 0) is 29.2 Å². The average Bonchev–Trinajstić information content (AvgIpc) is 2.97. The highest BCUT2D eigenvalue weighted by Crippen LogP contribution is 2.25. The number of aryl methyl sites for hydroxylation is 1. The summed E-state index contributed by atoms with van der Waals surface area (Å²) in [7, 11) is 0. The molecule has 0 bridgehead atoms. The maximum absolute atomic E-state index is 11.9. The summed E-state index contributed by atoms with van der Waals surface area (Å²) in [6.45, 7) is 1.51. The van der Waals surface area contributed by atoms with Crippen LogP contribution >= 0.6 is 0 Å². The van der Waals surface area contributed by atoms with E-state index in [1.807, 2.05) is 0 Å². The molecule has 1 saturated carbocycles. The summed E-state index contributed by atoms with van der Waals surface area (Å²) < 4.78 is 1.40. The first-order chi connectivity index (χ1) is 9.86. The maximum atomic E-state index is 11.9. The zero-order valence-electron chi connectivity index (χ0n) is 11.5. The van der Waals surface area contributed by atoms with Crippen LogP contribution in [0.2, 0.25) is 0 Å². The van der Waals surface area contributed by atoms with E-state index in [4.69, 9.17) is 5.11 Å². The second-order valence-corrected chi connectivity index (χ2v) is 5.14. The van der Waals surface area contributed by atoms with Gasteiger partial charge in [0.1, 0.15) is 12.7 Å². The van der Waals surface area contributed by atoms with Gasteiger partial charge < -0.3 is 20.5 Å². The fraction of sp³-hybridized carbons (Fsp3) is 0.583. The van der Waals surface area contributed by atoms with Crippen molar-refractivity contribution in [2.75, 3.05) is 0 Å². The van der Waals surface area contributed by atoms with Crippen LogP contribution in [0.4, 0.5) is 5.82 Å². The molecule has 1 aromatic heterocycles. The number of hydrogen-bond donors (Lipinski definition) is 2. The smallest absolute Gasteiger partial charge is 0.381 e. The number of hydrogen-bond acceptors (Lipinski definition) is 5. The third-order valence-corrected chi connectivity index (χ3v) is 3.61. The molecule has 9 heteroatoms. The molecule has 1 fully saturated rings. The van der Waals surface area contributed by atoms with Crippen molar-refractivity contribution in [3.05, 3.63) is 22.1 Å². The molecule has 0 saturated heterocycles.